The molecule has 1 aromatic carbocycles. The van der Waals surface area contributed by atoms with E-state index >= 15 is 0 Å². The van der Waals surface area contributed by atoms with Gasteiger partial charge in [-0.05, 0) is 31.9 Å². The van der Waals surface area contributed by atoms with E-state index in [0.29, 0.717) is 19.4 Å². The zero-order chi connectivity index (χ0) is 14.7. The Morgan fingerprint density at radius 3 is 2.76 bits per heavy atom. The van der Waals surface area contributed by atoms with Gasteiger partial charge in [0, 0.05) is 6.54 Å². The van der Waals surface area contributed by atoms with E-state index in [1.807, 2.05) is 0 Å². The van der Waals surface area contributed by atoms with Gasteiger partial charge in [-0.2, -0.15) is 0 Å². The number of carbonyl (C=O) groups is 2. The Balaban J connectivity index is 0.00000220. The molecule has 2 atom stereocenters. The lowest BCUT2D eigenvalue weighted by Gasteiger charge is -2.33. The third-order valence-corrected chi connectivity index (χ3v) is 3.31. The van der Waals surface area contributed by atoms with Gasteiger partial charge in [-0.3, -0.25) is 9.59 Å². The number of halogens is 2. The fourth-order valence-electron chi connectivity index (χ4n) is 2.22. The first-order valence-electron chi connectivity index (χ1n) is 6.62. The summed E-state index contributed by atoms with van der Waals surface area (Å²) in [5, 5.41) is 2.61. The second-order valence-electron chi connectivity index (χ2n) is 4.93. The fourth-order valence-corrected chi connectivity index (χ4v) is 2.22. The number of nitrogens with two attached hydrogens (primary N) is 1. The highest BCUT2D eigenvalue weighted by Crippen LogP contribution is 2.23. The third-order valence-electron chi connectivity index (χ3n) is 3.31. The van der Waals surface area contributed by atoms with Crippen molar-refractivity contribution in [3.8, 4) is 0 Å². The standard InChI is InChI=1S/C14H18FN3O2.ClH/c1-9(16)13(19)17-11-6-4-8-18(14(11)20)12-7-3-2-5-10(12)15;/h2-3,5,7,9,11H,4,6,8,16H2,1H3,(H,17,19);1H. The van der Waals surface area contributed by atoms with Crippen LogP contribution in [-0.2, 0) is 9.59 Å². The summed E-state index contributed by atoms with van der Waals surface area (Å²) in [6.07, 6.45) is 1.24. The summed E-state index contributed by atoms with van der Waals surface area (Å²) in [5.74, 6) is -1.12. The Hall–Kier alpha value is -1.66. The topological polar surface area (TPSA) is 75.4 Å². The highest BCUT2D eigenvalue weighted by molar-refractivity contribution is 6.00. The van der Waals surface area contributed by atoms with Gasteiger partial charge < -0.3 is 16.0 Å². The van der Waals surface area contributed by atoms with E-state index in [9.17, 15) is 14.0 Å². The lowest BCUT2D eigenvalue weighted by molar-refractivity contribution is -0.128. The Kier molecular flexibility index (Phi) is 6.11. The SMILES string of the molecule is CC(N)C(=O)NC1CCCN(c2ccccc2F)C1=O.Cl. The molecule has 2 rings (SSSR count). The maximum absolute atomic E-state index is 13.8. The predicted molar refractivity (Wildman–Crippen MR) is 80.8 cm³/mol. The molecule has 0 bridgehead atoms. The molecule has 0 saturated carbocycles. The van der Waals surface area contributed by atoms with Crippen molar-refractivity contribution in [2.24, 2.45) is 5.73 Å². The summed E-state index contributed by atoms with van der Waals surface area (Å²) in [7, 11) is 0. The number of amides is 2. The normalized spacial score (nSPS) is 19.7. The molecule has 7 heteroatoms. The maximum atomic E-state index is 13.8. The molecule has 0 aromatic heterocycles. The van der Waals surface area contributed by atoms with E-state index in [1.165, 1.54) is 11.0 Å². The quantitative estimate of drug-likeness (QED) is 0.880. The number of hydrogen-bond donors (Lipinski definition) is 2. The van der Waals surface area contributed by atoms with E-state index < -0.39 is 17.9 Å². The zero-order valence-corrected chi connectivity index (χ0v) is 12.5. The molecule has 1 heterocycles. The molecule has 21 heavy (non-hydrogen) atoms. The van der Waals surface area contributed by atoms with Crippen molar-refractivity contribution >= 4 is 29.9 Å². The molecule has 1 aliphatic rings. The van der Waals surface area contributed by atoms with E-state index in [1.54, 1.807) is 25.1 Å². The van der Waals surface area contributed by atoms with Crippen molar-refractivity contribution in [2.75, 3.05) is 11.4 Å². The third kappa shape index (κ3) is 3.92. The van der Waals surface area contributed by atoms with Crippen LogP contribution in [0.5, 0.6) is 0 Å². The van der Waals surface area contributed by atoms with Crippen LogP contribution in [0.3, 0.4) is 0 Å². The monoisotopic (exact) mass is 315 g/mol. The van der Waals surface area contributed by atoms with Gasteiger partial charge in [0.2, 0.25) is 11.8 Å². The average Bonchev–Trinajstić information content (AvgIpc) is 2.42. The van der Waals surface area contributed by atoms with Crippen LogP contribution in [0.2, 0.25) is 0 Å². The summed E-state index contributed by atoms with van der Waals surface area (Å²) in [4.78, 5) is 25.3. The molecule has 1 saturated heterocycles. The number of nitrogens with one attached hydrogen (secondary N) is 1. The van der Waals surface area contributed by atoms with Gasteiger partial charge in [-0.1, -0.05) is 12.1 Å². The molecule has 0 spiro atoms. The minimum absolute atomic E-state index is 0. The van der Waals surface area contributed by atoms with Crippen LogP contribution in [0.15, 0.2) is 24.3 Å². The Bertz CT molecular complexity index is 525. The number of carbonyl (C=O) groups excluding carboxylic acids is 2. The number of para-hydroxylation sites is 1. The number of nitrogens with zero attached hydrogens (tertiary/aromatic N) is 1. The molecule has 116 valence electrons. The molecule has 3 N–H and O–H groups in total. The van der Waals surface area contributed by atoms with Crippen LogP contribution in [0.25, 0.3) is 0 Å². The van der Waals surface area contributed by atoms with Gasteiger partial charge in [-0.15, -0.1) is 12.4 Å². The summed E-state index contributed by atoms with van der Waals surface area (Å²) < 4.78 is 13.8. The molecular formula is C14H19ClFN3O2. The van der Waals surface area contributed by atoms with Crippen LogP contribution in [0.1, 0.15) is 19.8 Å². The van der Waals surface area contributed by atoms with Gasteiger partial charge in [0.05, 0.1) is 11.7 Å². The first-order valence-corrected chi connectivity index (χ1v) is 6.62. The van der Waals surface area contributed by atoms with E-state index in [0.717, 1.165) is 0 Å². The molecule has 0 radical (unpaired) electrons. The first kappa shape index (κ1) is 17.4. The largest absolute Gasteiger partial charge is 0.343 e. The molecule has 1 aromatic rings. The van der Waals surface area contributed by atoms with E-state index in [4.69, 9.17) is 5.73 Å². The van der Waals surface area contributed by atoms with Crippen LogP contribution < -0.4 is 16.0 Å². The maximum Gasteiger partial charge on any atom is 0.249 e. The van der Waals surface area contributed by atoms with Crippen LogP contribution >= 0.6 is 12.4 Å². The number of anilines is 1. The molecule has 5 nitrogen and oxygen atoms in total. The minimum atomic E-state index is -0.674. The summed E-state index contributed by atoms with van der Waals surface area (Å²) >= 11 is 0. The summed E-state index contributed by atoms with van der Waals surface area (Å²) in [6.45, 7) is 2.00. The van der Waals surface area contributed by atoms with Crippen molar-refractivity contribution in [1.82, 2.24) is 5.32 Å². The fraction of sp³-hybridized carbons (Fsp3) is 0.429. The van der Waals surface area contributed by atoms with Gasteiger partial charge in [0.25, 0.3) is 0 Å². The molecular weight excluding hydrogens is 297 g/mol. The smallest absolute Gasteiger partial charge is 0.249 e. The second-order valence-corrected chi connectivity index (χ2v) is 4.93. The lowest BCUT2D eigenvalue weighted by Crippen LogP contribution is -2.55. The van der Waals surface area contributed by atoms with Gasteiger partial charge in [0.1, 0.15) is 11.9 Å². The molecule has 0 aliphatic carbocycles. The number of benzene rings is 1. The minimum Gasteiger partial charge on any atom is -0.343 e. The second kappa shape index (κ2) is 7.38. The highest BCUT2D eigenvalue weighted by atomic mass is 35.5. The van der Waals surface area contributed by atoms with Crippen LogP contribution in [0, 0.1) is 5.82 Å². The molecule has 2 unspecified atom stereocenters. The van der Waals surface area contributed by atoms with Gasteiger partial charge in [-0.25, -0.2) is 4.39 Å². The Labute approximate surface area is 129 Å². The number of piperidine rings is 1. The zero-order valence-electron chi connectivity index (χ0n) is 11.7. The van der Waals surface area contributed by atoms with E-state index in [2.05, 4.69) is 5.32 Å². The molecule has 1 fully saturated rings. The number of hydrogen-bond acceptors (Lipinski definition) is 3. The highest BCUT2D eigenvalue weighted by Gasteiger charge is 2.32. The Morgan fingerprint density at radius 2 is 2.14 bits per heavy atom. The van der Waals surface area contributed by atoms with E-state index in [-0.39, 0.29) is 29.9 Å². The molecule has 2 amide bonds. The average molecular weight is 316 g/mol. The lowest BCUT2D eigenvalue weighted by atomic mass is 10.0. The van der Waals surface area contributed by atoms with Gasteiger partial charge >= 0.3 is 0 Å². The van der Waals surface area contributed by atoms with Crippen LogP contribution in [-0.4, -0.2) is 30.4 Å². The van der Waals surface area contributed by atoms with Crippen molar-refractivity contribution < 1.29 is 14.0 Å². The predicted octanol–water partition coefficient (Wildman–Crippen LogP) is 1.21. The van der Waals surface area contributed by atoms with Gasteiger partial charge in [0.15, 0.2) is 0 Å². The summed E-state index contributed by atoms with van der Waals surface area (Å²) in [6, 6.07) is 4.81. The van der Waals surface area contributed by atoms with Crippen molar-refractivity contribution in [3.63, 3.8) is 0 Å². The Morgan fingerprint density at radius 1 is 1.48 bits per heavy atom. The molecule has 1 aliphatic heterocycles. The van der Waals surface area contributed by atoms with Crippen LogP contribution in [0.4, 0.5) is 10.1 Å². The first-order chi connectivity index (χ1) is 9.50. The summed E-state index contributed by atoms with van der Waals surface area (Å²) in [5.41, 5.74) is 5.72. The van der Waals surface area contributed by atoms with Crippen molar-refractivity contribution in [2.45, 2.75) is 31.8 Å². The van der Waals surface area contributed by atoms with Crippen molar-refractivity contribution in [1.29, 1.82) is 0 Å². The van der Waals surface area contributed by atoms with Crippen molar-refractivity contribution in [3.05, 3.63) is 30.1 Å². The number of rotatable bonds is 3.